The number of aliphatic hydroxyl groups excluding tert-OH is 1. The van der Waals surface area contributed by atoms with Gasteiger partial charge in [-0.1, -0.05) is 12.0 Å². The quantitative estimate of drug-likeness (QED) is 0.563. The summed E-state index contributed by atoms with van der Waals surface area (Å²) in [6, 6.07) is 5.59. The number of ether oxygens (including phenoxy) is 1. The third kappa shape index (κ3) is 5.38. The van der Waals surface area contributed by atoms with Crippen molar-refractivity contribution in [1.82, 2.24) is 4.98 Å². The van der Waals surface area contributed by atoms with Gasteiger partial charge in [-0.3, -0.25) is 0 Å². The molecule has 0 radical (unpaired) electrons. The van der Waals surface area contributed by atoms with Gasteiger partial charge in [0.25, 0.3) is 0 Å². The molecule has 0 aliphatic carbocycles. The van der Waals surface area contributed by atoms with E-state index in [2.05, 4.69) is 10.9 Å². The van der Waals surface area contributed by atoms with Gasteiger partial charge in [0.15, 0.2) is 0 Å². The monoisotopic (exact) mass is 219 g/mol. The Morgan fingerprint density at radius 3 is 2.94 bits per heavy atom. The predicted molar refractivity (Wildman–Crippen MR) is 63.0 cm³/mol. The summed E-state index contributed by atoms with van der Waals surface area (Å²) >= 11 is 0. The zero-order chi connectivity index (χ0) is 11.6. The number of aromatic nitrogens is 1. The SMILES string of the molecule is C#CC(O)CCCCCOc1ccccn1. The standard InChI is InChI=1S/C13H17NO2/c1-2-12(15)8-4-3-7-11-16-13-9-5-6-10-14-13/h1,5-6,9-10,12,15H,3-4,7-8,11H2. The van der Waals surface area contributed by atoms with E-state index in [1.165, 1.54) is 0 Å². The molecule has 0 saturated heterocycles. The number of rotatable bonds is 7. The fraction of sp³-hybridized carbons (Fsp3) is 0.462. The van der Waals surface area contributed by atoms with Crippen LogP contribution in [0.2, 0.25) is 0 Å². The Balaban J connectivity index is 1.99. The van der Waals surface area contributed by atoms with E-state index in [1.807, 2.05) is 18.2 Å². The number of aliphatic hydroxyl groups is 1. The fourth-order valence-corrected chi connectivity index (χ4v) is 1.31. The van der Waals surface area contributed by atoms with Gasteiger partial charge in [0.05, 0.1) is 6.61 Å². The first-order valence-corrected chi connectivity index (χ1v) is 5.51. The van der Waals surface area contributed by atoms with Crippen molar-refractivity contribution < 1.29 is 9.84 Å². The van der Waals surface area contributed by atoms with Gasteiger partial charge in [-0.05, 0) is 31.7 Å². The van der Waals surface area contributed by atoms with Crippen LogP contribution in [-0.4, -0.2) is 22.8 Å². The molecule has 1 aromatic heterocycles. The maximum absolute atomic E-state index is 9.12. The summed E-state index contributed by atoms with van der Waals surface area (Å²) in [6.07, 6.45) is 9.71. The van der Waals surface area contributed by atoms with Gasteiger partial charge < -0.3 is 9.84 Å². The van der Waals surface area contributed by atoms with Crippen LogP contribution in [0.1, 0.15) is 25.7 Å². The molecule has 0 amide bonds. The number of terminal acetylenes is 1. The molecule has 1 atom stereocenters. The van der Waals surface area contributed by atoms with Crippen LogP contribution in [0.3, 0.4) is 0 Å². The Labute approximate surface area is 96.5 Å². The van der Waals surface area contributed by atoms with Crippen LogP contribution in [0, 0.1) is 12.3 Å². The van der Waals surface area contributed by atoms with E-state index < -0.39 is 6.10 Å². The van der Waals surface area contributed by atoms with E-state index in [1.54, 1.807) is 6.20 Å². The van der Waals surface area contributed by atoms with Crippen LogP contribution in [-0.2, 0) is 0 Å². The Bertz CT molecular complexity index is 318. The first-order valence-electron chi connectivity index (χ1n) is 5.51. The molecule has 0 fully saturated rings. The zero-order valence-electron chi connectivity index (χ0n) is 9.30. The van der Waals surface area contributed by atoms with Gasteiger partial charge in [-0.15, -0.1) is 6.42 Å². The molecule has 1 unspecified atom stereocenters. The maximum atomic E-state index is 9.12. The van der Waals surface area contributed by atoms with Gasteiger partial charge in [0.1, 0.15) is 6.10 Å². The lowest BCUT2D eigenvalue weighted by Crippen LogP contribution is -2.03. The minimum absolute atomic E-state index is 0.600. The summed E-state index contributed by atoms with van der Waals surface area (Å²) in [5, 5.41) is 9.12. The topological polar surface area (TPSA) is 42.4 Å². The Morgan fingerprint density at radius 2 is 2.25 bits per heavy atom. The van der Waals surface area contributed by atoms with Gasteiger partial charge in [-0.2, -0.15) is 0 Å². The van der Waals surface area contributed by atoms with E-state index in [4.69, 9.17) is 16.3 Å². The molecular formula is C13H17NO2. The minimum Gasteiger partial charge on any atom is -0.478 e. The largest absolute Gasteiger partial charge is 0.478 e. The van der Waals surface area contributed by atoms with Crippen LogP contribution in [0.25, 0.3) is 0 Å². The second kappa shape index (κ2) is 7.72. The van der Waals surface area contributed by atoms with Crippen LogP contribution in [0.5, 0.6) is 5.88 Å². The lowest BCUT2D eigenvalue weighted by atomic mass is 10.1. The highest BCUT2D eigenvalue weighted by Gasteiger charge is 1.98. The second-order valence-corrected chi connectivity index (χ2v) is 3.55. The summed E-state index contributed by atoms with van der Waals surface area (Å²) in [4.78, 5) is 4.05. The molecule has 86 valence electrons. The maximum Gasteiger partial charge on any atom is 0.213 e. The molecule has 3 heteroatoms. The Hall–Kier alpha value is -1.53. The molecule has 0 aromatic carbocycles. The van der Waals surface area contributed by atoms with Gasteiger partial charge >= 0.3 is 0 Å². The highest BCUT2D eigenvalue weighted by molar-refractivity contribution is 5.08. The van der Waals surface area contributed by atoms with Crippen molar-refractivity contribution in [3.05, 3.63) is 24.4 Å². The minimum atomic E-state index is -0.600. The smallest absolute Gasteiger partial charge is 0.213 e. The molecule has 0 aliphatic heterocycles. The molecule has 0 spiro atoms. The summed E-state index contributed by atoms with van der Waals surface area (Å²) in [6.45, 7) is 0.656. The van der Waals surface area contributed by atoms with Crippen molar-refractivity contribution in [2.75, 3.05) is 6.61 Å². The average Bonchev–Trinajstić information content (AvgIpc) is 2.34. The normalized spacial score (nSPS) is 11.8. The van der Waals surface area contributed by atoms with Crippen molar-refractivity contribution >= 4 is 0 Å². The molecule has 0 aliphatic rings. The van der Waals surface area contributed by atoms with E-state index >= 15 is 0 Å². The lowest BCUT2D eigenvalue weighted by molar-refractivity contribution is 0.215. The van der Waals surface area contributed by atoms with E-state index in [0.717, 1.165) is 19.3 Å². The average molecular weight is 219 g/mol. The third-order valence-corrected chi connectivity index (χ3v) is 2.20. The van der Waals surface area contributed by atoms with Crippen LogP contribution in [0.15, 0.2) is 24.4 Å². The zero-order valence-corrected chi connectivity index (χ0v) is 9.30. The summed E-state index contributed by atoms with van der Waals surface area (Å²) in [5.74, 6) is 2.95. The van der Waals surface area contributed by atoms with Gasteiger partial charge in [0, 0.05) is 12.3 Å². The van der Waals surface area contributed by atoms with Gasteiger partial charge in [0.2, 0.25) is 5.88 Å². The second-order valence-electron chi connectivity index (χ2n) is 3.55. The Morgan fingerprint density at radius 1 is 1.38 bits per heavy atom. The molecule has 3 nitrogen and oxygen atoms in total. The molecule has 1 aromatic rings. The summed E-state index contributed by atoms with van der Waals surface area (Å²) in [5.41, 5.74) is 0. The fourth-order valence-electron chi connectivity index (χ4n) is 1.31. The number of nitrogens with zero attached hydrogens (tertiary/aromatic N) is 1. The molecule has 1 heterocycles. The van der Waals surface area contributed by atoms with Crippen molar-refractivity contribution in [2.45, 2.75) is 31.8 Å². The molecule has 1 N–H and O–H groups in total. The summed E-state index contributed by atoms with van der Waals surface area (Å²) < 4.78 is 5.43. The summed E-state index contributed by atoms with van der Waals surface area (Å²) in [7, 11) is 0. The van der Waals surface area contributed by atoms with E-state index in [-0.39, 0.29) is 0 Å². The molecule has 1 rings (SSSR count). The van der Waals surface area contributed by atoms with E-state index in [0.29, 0.717) is 18.9 Å². The highest BCUT2D eigenvalue weighted by Crippen LogP contribution is 2.06. The number of hydrogen-bond donors (Lipinski definition) is 1. The lowest BCUT2D eigenvalue weighted by Gasteiger charge is -2.05. The number of pyridine rings is 1. The van der Waals surface area contributed by atoms with Crippen molar-refractivity contribution in [3.8, 4) is 18.2 Å². The predicted octanol–water partition coefficient (Wildman–Crippen LogP) is 2.01. The highest BCUT2D eigenvalue weighted by atomic mass is 16.5. The van der Waals surface area contributed by atoms with E-state index in [9.17, 15) is 0 Å². The van der Waals surface area contributed by atoms with Crippen molar-refractivity contribution in [3.63, 3.8) is 0 Å². The van der Waals surface area contributed by atoms with Crippen molar-refractivity contribution in [1.29, 1.82) is 0 Å². The van der Waals surface area contributed by atoms with Crippen LogP contribution >= 0.6 is 0 Å². The van der Waals surface area contributed by atoms with Crippen LogP contribution in [0.4, 0.5) is 0 Å². The molecule has 0 bridgehead atoms. The number of unbranched alkanes of at least 4 members (excludes halogenated alkanes) is 2. The third-order valence-electron chi connectivity index (χ3n) is 2.20. The molecular weight excluding hydrogens is 202 g/mol. The molecule has 16 heavy (non-hydrogen) atoms. The molecule has 0 saturated carbocycles. The Kier molecular flexibility index (Phi) is 6.05. The first-order chi connectivity index (χ1) is 7.83. The van der Waals surface area contributed by atoms with Gasteiger partial charge in [-0.25, -0.2) is 4.98 Å². The van der Waals surface area contributed by atoms with Crippen molar-refractivity contribution in [2.24, 2.45) is 0 Å². The first kappa shape index (κ1) is 12.5. The van der Waals surface area contributed by atoms with Crippen LogP contribution < -0.4 is 4.74 Å². The number of hydrogen-bond acceptors (Lipinski definition) is 3.